The van der Waals surface area contributed by atoms with Crippen molar-refractivity contribution in [2.75, 3.05) is 0 Å². The molecule has 100 valence electrons. The fourth-order valence-corrected chi connectivity index (χ4v) is 1.94. The molecule has 1 aromatic heterocycles. The molecular weight excluding hydrogens is 242 g/mol. The van der Waals surface area contributed by atoms with Crippen molar-refractivity contribution in [2.24, 2.45) is 0 Å². The molecule has 5 nitrogen and oxygen atoms in total. The summed E-state index contributed by atoms with van der Waals surface area (Å²) in [5.41, 5.74) is 3.26. The number of aryl methyl sites for hydroxylation is 4. The molecule has 1 N–H and O–H groups in total. The minimum Gasteiger partial charge on any atom is -0.481 e. The molecule has 0 aliphatic rings. The summed E-state index contributed by atoms with van der Waals surface area (Å²) in [6, 6.07) is 6.15. The van der Waals surface area contributed by atoms with Crippen LogP contribution in [0.5, 0.6) is 0 Å². The predicted molar refractivity (Wildman–Crippen MR) is 71.5 cm³/mol. The van der Waals surface area contributed by atoms with Crippen molar-refractivity contribution < 1.29 is 9.90 Å². The molecule has 0 bridgehead atoms. The molecule has 19 heavy (non-hydrogen) atoms. The number of hydrogen-bond donors (Lipinski definition) is 1. The fourth-order valence-electron chi connectivity index (χ4n) is 1.94. The van der Waals surface area contributed by atoms with Gasteiger partial charge in [0.05, 0.1) is 12.1 Å². The largest absolute Gasteiger partial charge is 0.481 e. The summed E-state index contributed by atoms with van der Waals surface area (Å²) in [6.45, 7) is 5.92. The summed E-state index contributed by atoms with van der Waals surface area (Å²) in [5.74, 6) is 0.510. The average molecular weight is 259 g/mol. The first-order valence-electron chi connectivity index (χ1n) is 6.19. The third kappa shape index (κ3) is 2.99. The Hall–Kier alpha value is -2.17. The third-order valence-corrected chi connectivity index (χ3v) is 2.97. The first kappa shape index (κ1) is 13.3. The number of carbonyl (C=O) groups is 1. The van der Waals surface area contributed by atoms with E-state index in [4.69, 9.17) is 5.11 Å². The Morgan fingerprint density at radius 1 is 1.32 bits per heavy atom. The van der Waals surface area contributed by atoms with E-state index >= 15 is 0 Å². The monoisotopic (exact) mass is 259 g/mol. The number of rotatable bonds is 4. The molecule has 2 rings (SSSR count). The van der Waals surface area contributed by atoms with Crippen LogP contribution in [-0.4, -0.2) is 25.8 Å². The van der Waals surface area contributed by atoms with Gasteiger partial charge in [0, 0.05) is 6.42 Å². The van der Waals surface area contributed by atoms with E-state index in [-0.39, 0.29) is 6.42 Å². The first-order chi connectivity index (χ1) is 8.97. The second-order valence-corrected chi connectivity index (χ2v) is 4.67. The van der Waals surface area contributed by atoms with E-state index in [1.165, 1.54) is 0 Å². The van der Waals surface area contributed by atoms with Gasteiger partial charge >= 0.3 is 5.97 Å². The van der Waals surface area contributed by atoms with Crippen LogP contribution in [-0.2, 0) is 11.2 Å². The lowest BCUT2D eigenvalue weighted by molar-refractivity contribution is -0.137. The van der Waals surface area contributed by atoms with Crippen LogP contribution in [0.2, 0.25) is 0 Å². The van der Waals surface area contributed by atoms with E-state index in [1.807, 2.05) is 26.8 Å². The number of carboxylic acids is 1. The van der Waals surface area contributed by atoms with Crippen molar-refractivity contribution in [2.45, 2.75) is 33.6 Å². The van der Waals surface area contributed by atoms with Crippen LogP contribution in [0.4, 0.5) is 0 Å². The van der Waals surface area contributed by atoms with Gasteiger partial charge in [0.2, 0.25) is 0 Å². The minimum atomic E-state index is -0.833. The van der Waals surface area contributed by atoms with Gasteiger partial charge in [-0.25, -0.2) is 9.67 Å². The van der Waals surface area contributed by atoms with Gasteiger partial charge in [-0.15, -0.1) is 0 Å². The van der Waals surface area contributed by atoms with Crippen molar-refractivity contribution >= 4 is 5.97 Å². The molecule has 0 aliphatic heterocycles. The molecule has 1 aromatic carbocycles. The lowest BCUT2D eigenvalue weighted by atomic mass is 10.1. The summed E-state index contributed by atoms with van der Waals surface area (Å²) in [7, 11) is 0. The molecule has 0 spiro atoms. The van der Waals surface area contributed by atoms with E-state index in [1.54, 1.807) is 4.68 Å². The van der Waals surface area contributed by atoms with Gasteiger partial charge in [-0.3, -0.25) is 4.79 Å². The standard InChI is InChI=1S/C14H17N3O2/c1-9-4-5-10(2)12(8-9)17-11(3)15-13(16-17)6-7-14(18)19/h4-5,8H,6-7H2,1-3H3,(H,18,19). The smallest absolute Gasteiger partial charge is 0.303 e. The van der Waals surface area contributed by atoms with Gasteiger partial charge in [-0.05, 0) is 38.0 Å². The number of aromatic nitrogens is 3. The zero-order chi connectivity index (χ0) is 14.0. The van der Waals surface area contributed by atoms with Crippen LogP contribution in [0.25, 0.3) is 5.69 Å². The number of carboxylic acid groups (broad SMARTS) is 1. The summed E-state index contributed by atoms with van der Waals surface area (Å²) >= 11 is 0. The SMILES string of the molecule is Cc1ccc(C)c(-n2nc(CCC(=O)O)nc2C)c1. The lowest BCUT2D eigenvalue weighted by Gasteiger charge is -2.07. The van der Waals surface area contributed by atoms with E-state index in [0.717, 1.165) is 22.6 Å². The van der Waals surface area contributed by atoms with Crippen LogP contribution in [0, 0.1) is 20.8 Å². The van der Waals surface area contributed by atoms with Gasteiger partial charge in [-0.2, -0.15) is 5.10 Å². The number of hydrogen-bond acceptors (Lipinski definition) is 3. The number of aliphatic carboxylic acids is 1. The highest BCUT2D eigenvalue weighted by molar-refractivity contribution is 5.66. The molecule has 0 radical (unpaired) electrons. The fraction of sp³-hybridized carbons (Fsp3) is 0.357. The normalized spacial score (nSPS) is 10.7. The van der Waals surface area contributed by atoms with E-state index in [2.05, 4.69) is 22.2 Å². The number of benzene rings is 1. The predicted octanol–water partition coefficient (Wildman–Crippen LogP) is 2.21. The molecular formula is C14H17N3O2. The average Bonchev–Trinajstić information content (AvgIpc) is 2.71. The Bertz CT molecular complexity index is 617. The molecule has 0 saturated carbocycles. The summed E-state index contributed by atoms with van der Waals surface area (Å²) in [4.78, 5) is 14.9. The van der Waals surface area contributed by atoms with Crippen molar-refractivity contribution in [1.29, 1.82) is 0 Å². The van der Waals surface area contributed by atoms with Crippen molar-refractivity contribution in [3.63, 3.8) is 0 Å². The molecule has 0 atom stereocenters. The molecule has 5 heteroatoms. The summed E-state index contributed by atoms with van der Waals surface area (Å²) in [5, 5.41) is 13.1. The van der Waals surface area contributed by atoms with Crippen LogP contribution in [0.1, 0.15) is 29.2 Å². The zero-order valence-electron chi connectivity index (χ0n) is 11.3. The Morgan fingerprint density at radius 3 is 2.74 bits per heavy atom. The summed E-state index contributed by atoms with van der Waals surface area (Å²) < 4.78 is 1.78. The van der Waals surface area contributed by atoms with Crippen molar-refractivity contribution in [3.05, 3.63) is 41.0 Å². The van der Waals surface area contributed by atoms with E-state index in [9.17, 15) is 4.79 Å². The molecule has 0 unspecified atom stereocenters. The second kappa shape index (κ2) is 5.22. The van der Waals surface area contributed by atoms with Crippen LogP contribution in [0.15, 0.2) is 18.2 Å². The Morgan fingerprint density at radius 2 is 2.05 bits per heavy atom. The topological polar surface area (TPSA) is 68.0 Å². The second-order valence-electron chi connectivity index (χ2n) is 4.67. The molecule has 1 heterocycles. The zero-order valence-corrected chi connectivity index (χ0v) is 11.3. The highest BCUT2D eigenvalue weighted by Gasteiger charge is 2.11. The van der Waals surface area contributed by atoms with Crippen LogP contribution >= 0.6 is 0 Å². The number of nitrogens with zero attached hydrogens (tertiary/aromatic N) is 3. The van der Waals surface area contributed by atoms with Gasteiger partial charge in [-0.1, -0.05) is 12.1 Å². The molecule has 0 aliphatic carbocycles. The summed E-state index contributed by atoms with van der Waals surface area (Å²) in [6.07, 6.45) is 0.407. The minimum absolute atomic E-state index is 0.0518. The van der Waals surface area contributed by atoms with E-state index < -0.39 is 5.97 Å². The van der Waals surface area contributed by atoms with Crippen molar-refractivity contribution in [1.82, 2.24) is 14.8 Å². The van der Waals surface area contributed by atoms with Crippen LogP contribution in [0.3, 0.4) is 0 Å². The van der Waals surface area contributed by atoms with Gasteiger partial charge in [0.15, 0.2) is 5.82 Å². The maximum absolute atomic E-state index is 10.6. The lowest BCUT2D eigenvalue weighted by Crippen LogP contribution is -2.03. The Labute approximate surface area is 111 Å². The maximum Gasteiger partial charge on any atom is 0.303 e. The van der Waals surface area contributed by atoms with Gasteiger partial charge in [0.1, 0.15) is 5.82 Å². The van der Waals surface area contributed by atoms with Crippen molar-refractivity contribution in [3.8, 4) is 5.69 Å². The van der Waals surface area contributed by atoms with Gasteiger partial charge < -0.3 is 5.11 Å². The van der Waals surface area contributed by atoms with Crippen LogP contribution < -0.4 is 0 Å². The third-order valence-electron chi connectivity index (χ3n) is 2.97. The van der Waals surface area contributed by atoms with E-state index in [0.29, 0.717) is 12.2 Å². The van der Waals surface area contributed by atoms with Gasteiger partial charge in [0.25, 0.3) is 0 Å². The first-order valence-corrected chi connectivity index (χ1v) is 6.19. The Kier molecular flexibility index (Phi) is 3.64. The molecule has 0 amide bonds. The maximum atomic E-state index is 10.6. The quantitative estimate of drug-likeness (QED) is 0.914. The molecule has 0 saturated heterocycles. The molecule has 0 fully saturated rings. The molecule has 2 aromatic rings. The Balaban J connectivity index is 2.34. The highest BCUT2D eigenvalue weighted by atomic mass is 16.4. The highest BCUT2D eigenvalue weighted by Crippen LogP contribution is 2.17.